The van der Waals surface area contributed by atoms with Gasteiger partial charge in [-0.2, -0.15) is 5.10 Å². The maximum absolute atomic E-state index is 12.4. The fraction of sp³-hybridized carbons (Fsp3) is 0.150. The molecule has 0 aliphatic carbocycles. The van der Waals surface area contributed by atoms with Gasteiger partial charge in [0.05, 0.1) is 36.2 Å². The highest BCUT2D eigenvalue weighted by atomic mass is 32.2. The number of nitrogens with zero attached hydrogens (tertiary/aromatic N) is 1. The van der Waals surface area contributed by atoms with E-state index in [1.165, 1.54) is 24.7 Å². The normalized spacial score (nSPS) is 11.8. The van der Waals surface area contributed by atoms with E-state index in [0.717, 1.165) is 0 Å². The SMILES string of the molecule is C/C(=N\NC(=O)C(=O)NCc1ccco1)c1ccc(S(=O)(=O)NCc2ccco2)cc1. The van der Waals surface area contributed by atoms with Crippen LogP contribution in [0.5, 0.6) is 0 Å². The minimum absolute atomic E-state index is 0.0333. The molecule has 0 saturated carbocycles. The number of sulfonamides is 1. The first-order valence-electron chi connectivity index (χ1n) is 9.12. The summed E-state index contributed by atoms with van der Waals surface area (Å²) in [5.41, 5.74) is 3.12. The topological polar surface area (TPSA) is 143 Å². The second-order valence-electron chi connectivity index (χ2n) is 6.33. The van der Waals surface area contributed by atoms with E-state index in [9.17, 15) is 18.0 Å². The highest BCUT2D eigenvalue weighted by Crippen LogP contribution is 2.12. The third kappa shape index (κ3) is 6.14. The predicted octanol–water partition coefficient (Wildman–Crippen LogP) is 1.51. The van der Waals surface area contributed by atoms with Gasteiger partial charge in [0, 0.05) is 0 Å². The summed E-state index contributed by atoms with van der Waals surface area (Å²) in [6.07, 6.45) is 2.92. The molecule has 11 heteroatoms. The Bertz CT molecular complexity index is 1150. The standard InChI is InChI=1S/C20H20N4O6S/c1-14(23-24-20(26)19(25)21-12-16-4-2-10-29-16)15-6-8-18(9-7-15)31(27,28)22-13-17-5-3-11-30-17/h2-11,22H,12-13H2,1H3,(H,21,25)(H,24,26)/b23-14+. The maximum Gasteiger partial charge on any atom is 0.329 e. The third-order valence-electron chi connectivity index (χ3n) is 4.13. The van der Waals surface area contributed by atoms with Crippen molar-refractivity contribution >= 4 is 27.5 Å². The molecule has 0 atom stereocenters. The zero-order valence-electron chi connectivity index (χ0n) is 16.5. The molecule has 10 nitrogen and oxygen atoms in total. The number of carbonyl (C=O) groups is 2. The van der Waals surface area contributed by atoms with Crippen molar-refractivity contribution in [3.8, 4) is 0 Å². The van der Waals surface area contributed by atoms with Crippen LogP contribution in [-0.2, 0) is 32.7 Å². The van der Waals surface area contributed by atoms with Gasteiger partial charge in [0.25, 0.3) is 0 Å². The Morgan fingerprint density at radius 3 is 2.10 bits per heavy atom. The summed E-state index contributed by atoms with van der Waals surface area (Å²) in [6, 6.07) is 12.6. The number of hydrazone groups is 1. The van der Waals surface area contributed by atoms with Crippen LogP contribution >= 0.6 is 0 Å². The fourth-order valence-electron chi connectivity index (χ4n) is 2.45. The Labute approximate surface area is 178 Å². The number of rotatable bonds is 8. The predicted molar refractivity (Wildman–Crippen MR) is 110 cm³/mol. The van der Waals surface area contributed by atoms with Crippen LogP contribution in [0.2, 0.25) is 0 Å². The quantitative estimate of drug-likeness (QED) is 0.273. The zero-order chi connectivity index (χ0) is 22.3. The molecule has 162 valence electrons. The van der Waals surface area contributed by atoms with Gasteiger partial charge in [0.2, 0.25) is 10.0 Å². The lowest BCUT2D eigenvalue weighted by molar-refractivity contribution is -0.139. The maximum atomic E-state index is 12.4. The monoisotopic (exact) mass is 444 g/mol. The van der Waals surface area contributed by atoms with Crippen molar-refractivity contribution in [2.75, 3.05) is 0 Å². The van der Waals surface area contributed by atoms with Gasteiger partial charge in [-0.05, 0) is 48.9 Å². The molecule has 0 spiro atoms. The van der Waals surface area contributed by atoms with Crippen molar-refractivity contribution in [3.63, 3.8) is 0 Å². The number of nitrogens with one attached hydrogen (secondary N) is 3. The molecule has 2 amide bonds. The molecule has 0 aliphatic rings. The molecule has 3 N–H and O–H groups in total. The summed E-state index contributed by atoms with van der Waals surface area (Å²) >= 11 is 0. The molecule has 0 unspecified atom stereocenters. The molecule has 0 fully saturated rings. The van der Waals surface area contributed by atoms with E-state index >= 15 is 0 Å². The molecular formula is C20H20N4O6S. The number of furan rings is 2. The van der Waals surface area contributed by atoms with E-state index in [2.05, 4.69) is 20.6 Å². The number of amides is 2. The Hall–Kier alpha value is -3.70. The Morgan fingerprint density at radius 2 is 1.52 bits per heavy atom. The Balaban J connectivity index is 1.54. The molecule has 0 bridgehead atoms. The molecule has 0 aliphatic heterocycles. The Morgan fingerprint density at radius 1 is 0.903 bits per heavy atom. The molecule has 0 radical (unpaired) electrons. The van der Waals surface area contributed by atoms with Gasteiger partial charge in [0.15, 0.2) is 0 Å². The van der Waals surface area contributed by atoms with Crippen LogP contribution < -0.4 is 15.5 Å². The van der Waals surface area contributed by atoms with Crippen molar-refractivity contribution in [1.82, 2.24) is 15.5 Å². The summed E-state index contributed by atoms with van der Waals surface area (Å²) in [5.74, 6) is -0.800. The Kier molecular flexibility index (Phi) is 7.00. The van der Waals surface area contributed by atoms with Crippen molar-refractivity contribution in [2.24, 2.45) is 5.10 Å². The molecule has 2 heterocycles. The lowest BCUT2D eigenvalue weighted by Crippen LogP contribution is -2.37. The van der Waals surface area contributed by atoms with Gasteiger partial charge in [0.1, 0.15) is 11.5 Å². The van der Waals surface area contributed by atoms with Gasteiger partial charge in [-0.15, -0.1) is 0 Å². The van der Waals surface area contributed by atoms with Crippen LogP contribution in [0.1, 0.15) is 24.0 Å². The minimum Gasteiger partial charge on any atom is -0.468 e. The summed E-state index contributed by atoms with van der Waals surface area (Å²) in [5, 5.41) is 6.28. The van der Waals surface area contributed by atoms with Crippen molar-refractivity contribution < 1.29 is 26.8 Å². The van der Waals surface area contributed by atoms with Crippen molar-refractivity contribution in [3.05, 3.63) is 78.1 Å². The molecule has 2 aromatic heterocycles. The molecule has 3 rings (SSSR count). The smallest absolute Gasteiger partial charge is 0.329 e. The van der Waals surface area contributed by atoms with Crippen LogP contribution in [-0.4, -0.2) is 25.9 Å². The molecular weight excluding hydrogens is 424 g/mol. The second-order valence-corrected chi connectivity index (χ2v) is 8.10. The first-order chi connectivity index (χ1) is 14.8. The van der Waals surface area contributed by atoms with Gasteiger partial charge in [-0.25, -0.2) is 18.6 Å². The van der Waals surface area contributed by atoms with Crippen LogP contribution in [0.15, 0.2) is 79.9 Å². The van der Waals surface area contributed by atoms with Crippen LogP contribution in [0.4, 0.5) is 0 Å². The average Bonchev–Trinajstić information content (AvgIpc) is 3.48. The molecule has 0 saturated heterocycles. The minimum atomic E-state index is -3.72. The first kappa shape index (κ1) is 22.0. The summed E-state index contributed by atoms with van der Waals surface area (Å²) in [7, 11) is -3.72. The number of hydrogen-bond acceptors (Lipinski definition) is 7. The highest BCUT2D eigenvalue weighted by Gasteiger charge is 2.15. The largest absolute Gasteiger partial charge is 0.468 e. The van der Waals surface area contributed by atoms with Crippen LogP contribution in [0, 0.1) is 0 Å². The summed E-state index contributed by atoms with van der Waals surface area (Å²) < 4.78 is 37.3. The van der Waals surface area contributed by atoms with E-state index in [1.807, 2.05) is 0 Å². The van der Waals surface area contributed by atoms with Gasteiger partial charge < -0.3 is 14.2 Å². The lowest BCUT2D eigenvalue weighted by atomic mass is 10.1. The number of carbonyl (C=O) groups excluding carboxylic acids is 2. The van der Waals surface area contributed by atoms with E-state index < -0.39 is 21.8 Å². The third-order valence-corrected chi connectivity index (χ3v) is 5.55. The lowest BCUT2D eigenvalue weighted by Gasteiger charge is -2.07. The van der Waals surface area contributed by atoms with Crippen LogP contribution in [0.3, 0.4) is 0 Å². The highest BCUT2D eigenvalue weighted by molar-refractivity contribution is 7.89. The van der Waals surface area contributed by atoms with Gasteiger partial charge in [-0.3, -0.25) is 9.59 Å². The van der Waals surface area contributed by atoms with Crippen LogP contribution in [0.25, 0.3) is 0 Å². The average molecular weight is 444 g/mol. The summed E-state index contributed by atoms with van der Waals surface area (Å²) in [4.78, 5) is 23.7. The van der Waals surface area contributed by atoms with Crippen molar-refractivity contribution in [1.29, 1.82) is 0 Å². The second kappa shape index (κ2) is 9.87. The van der Waals surface area contributed by atoms with E-state index in [1.54, 1.807) is 43.3 Å². The van der Waals surface area contributed by atoms with Gasteiger partial charge in [-0.1, -0.05) is 12.1 Å². The number of benzene rings is 1. The fourth-order valence-corrected chi connectivity index (χ4v) is 3.44. The number of hydrogen-bond donors (Lipinski definition) is 3. The first-order valence-corrected chi connectivity index (χ1v) is 10.6. The summed E-state index contributed by atoms with van der Waals surface area (Å²) in [6.45, 7) is 1.72. The van der Waals surface area contributed by atoms with Crippen molar-refractivity contribution in [2.45, 2.75) is 24.9 Å². The van der Waals surface area contributed by atoms with E-state index in [0.29, 0.717) is 22.8 Å². The van der Waals surface area contributed by atoms with Gasteiger partial charge >= 0.3 is 11.8 Å². The van der Waals surface area contributed by atoms with E-state index in [-0.39, 0.29) is 18.0 Å². The zero-order valence-corrected chi connectivity index (χ0v) is 17.3. The molecule has 31 heavy (non-hydrogen) atoms. The molecule has 3 aromatic rings. The molecule has 1 aromatic carbocycles. The van der Waals surface area contributed by atoms with E-state index in [4.69, 9.17) is 8.83 Å².